The molecule has 130 valence electrons. The van der Waals surface area contributed by atoms with Crippen LogP contribution in [0.5, 0.6) is 0 Å². The molecule has 0 unspecified atom stereocenters. The third-order valence-corrected chi connectivity index (χ3v) is 6.05. The van der Waals surface area contributed by atoms with Crippen molar-refractivity contribution in [1.82, 2.24) is 4.98 Å². The first-order valence-electron chi connectivity index (χ1n) is 7.91. The number of sulfone groups is 1. The number of pyridine rings is 1. The lowest BCUT2D eigenvalue weighted by molar-refractivity contribution is 0.0315. The van der Waals surface area contributed by atoms with E-state index in [-0.39, 0.29) is 11.2 Å². The van der Waals surface area contributed by atoms with E-state index in [1.54, 1.807) is 0 Å². The van der Waals surface area contributed by atoms with Crippen LogP contribution in [0.4, 0.5) is 5.82 Å². The molecule has 1 aromatic heterocycles. The van der Waals surface area contributed by atoms with Gasteiger partial charge >= 0.3 is 0 Å². The molecule has 24 heavy (non-hydrogen) atoms. The molecule has 1 N–H and O–H groups in total. The summed E-state index contributed by atoms with van der Waals surface area (Å²) in [6.07, 6.45) is 2.79. The van der Waals surface area contributed by atoms with Gasteiger partial charge in [-0.15, -0.1) is 0 Å². The standard InChI is InChI=1S/C17H21BrN2O3S/c1-24(21,22)12-17(6-8-23-9-7-17)11-19-16-5-2-13-10-14(18)3-4-15(13)20-16/h2-5,10H,6-9,11-12H2,1H3,(H,19,20). The fourth-order valence-electron chi connectivity index (χ4n) is 3.21. The number of anilines is 1. The third kappa shape index (κ3) is 4.46. The molecule has 0 spiro atoms. The summed E-state index contributed by atoms with van der Waals surface area (Å²) in [5.74, 6) is 0.945. The van der Waals surface area contributed by atoms with E-state index >= 15 is 0 Å². The molecule has 1 saturated heterocycles. The second-order valence-corrected chi connectivity index (χ2v) is 9.63. The Morgan fingerprint density at radius 2 is 2.00 bits per heavy atom. The van der Waals surface area contributed by atoms with E-state index in [4.69, 9.17) is 4.74 Å². The molecule has 0 amide bonds. The topological polar surface area (TPSA) is 68.3 Å². The van der Waals surface area contributed by atoms with Crippen molar-refractivity contribution in [2.45, 2.75) is 12.8 Å². The fraction of sp³-hybridized carbons (Fsp3) is 0.471. The van der Waals surface area contributed by atoms with E-state index in [0.717, 1.165) is 34.0 Å². The highest BCUT2D eigenvalue weighted by molar-refractivity contribution is 9.10. The zero-order valence-electron chi connectivity index (χ0n) is 13.6. The molecule has 1 aromatic carbocycles. The summed E-state index contributed by atoms with van der Waals surface area (Å²) in [6, 6.07) is 9.90. The molecule has 1 aliphatic heterocycles. The predicted octanol–water partition coefficient (Wildman–Crippen LogP) is 3.25. The number of nitrogens with one attached hydrogen (secondary N) is 1. The first-order valence-corrected chi connectivity index (χ1v) is 10.8. The Bertz CT molecular complexity index is 833. The zero-order chi connectivity index (χ0) is 17.2. The number of benzene rings is 1. The average Bonchev–Trinajstić information content (AvgIpc) is 2.52. The number of hydrogen-bond acceptors (Lipinski definition) is 5. The molecular formula is C17H21BrN2O3S. The Labute approximate surface area is 150 Å². The fourth-order valence-corrected chi connectivity index (χ4v) is 5.09. The lowest BCUT2D eigenvalue weighted by Crippen LogP contribution is -2.41. The second kappa shape index (κ2) is 6.98. The van der Waals surface area contributed by atoms with Gasteiger partial charge < -0.3 is 10.1 Å². The van der Waals surface area contributed by atoms with E-state index in [0.29, 0.717) is 19.8 Å². The van der Waals surface area contributed by atoms with Gasteiger partial charge in [0.05, 0.1) is 11.3 Å². The van der Waals surface area contributed by atoms with Crippen molar-refractivity contribution in [3.05, 3.63) is 34.8 Å². The van der Waals surface area contributed by atoms with Gasteiger partial charge in [0.2, 0.25) is 0 Å². The van der Waals surface area contributed by atoms with Crippen molar-refractivity contribution in [2.75, 3.05) is 37.1 Å². The Kier molecular flexibility index (Phi) is 5.13. The van der Waals surface area contributed by atoms with Crippen molar-refractivity contribution in [3.63, 3.8) is 0 Å². The van der Waals surface area contributed by atoms with Gasteiger partial charge in [0, 0.05) is 41.3 Å². The molecular weight excluding hydrogens is 392 g/mol. The van der Waals surface area contributed by atoms with Gasteiger partial charge in [-0.1, -0.05) is 15.9 Å². The van der Waals surface area contributed by atoms with Crippen molar-refractivity contribution in [1.29, 1.82) is 0 Å². The van der Waals surface area contributed by atoms with Crippen LogP contribution in [-0.4, -0.2) is 45.2 Å². The summed E-state index contributed by atoms with van der Waals surface area (Å²) < 4.78 is 30.1. The first kappa shape index (κ1) is 17.6. The normalized spacial score (nSPS) is 17.8. The van der Waals surface area contributed by atoms with Crippen molar-refractivity contribution in [3.8, 4) is 0 Å². The maximum Gasteiger partial charge on any atom is 0.148 e. The third-order valence-electron chi connectivity index (χ3n) is 4.42. The van der Waals surface area contributed by atoms with Gasteiger partial charge in [0.1, 0.15) is 15.7 Å². The Morgan fingerprint density at radius 1 is 1.25 bits per heavy atom. The molecule has 2 aromatic rings. The van der Waals surface area contributed by atoms with Crippen LogP contribution in [0.25, 0.3) is 10.9 Å². The number of hydrogen-bond donors (Lipinski definition) is 1. The quantitative estimate of drug-likeness (QED) is 0.815. The molecule has 0 radical (unpaired) electrons. The molecule has 1 aliphatic rings. The van der Waals surface area contributed by atoms with Crippen molar-refractivity contribution >= 4 is 42.5 Å². The molecule has 0 atom stereocenters. The number of fused-ring (bicyclic) bond motifs is 1. The number of aromatic nitrogens is 1. The van der Waals surface area contributed by atoms with Crippen LogP contribution in [0.1, 0.15) is 12.8 Å². The van der Waals surface area contributed by atoms with Crippen molar-refractivity contribution < 1.29 is 13.2 Å². The number of nitrogens with zero attached hydrogens (tertiary/aromatic N) is 1. The molecule has 0 aliphatic carbocycles. The number of halogens is 1. The van der Waals surface area contributed by atoms with Crippen LogP contribution in [0, 0.1) is 5.41 Å². The monoisotopic (exact) mass is 412 g/mol. The SMILES string of the molecule is CS(=O)(=O)CC1(CNc2ccc3cc(Br)ccc3n2)CCOCC1. The van der Waals surface area contributed by atoms with Gasteiger partial charge in [-0.05, 0) is 43.2 Å². The largest absolute Gasteiger partial charge is 0.381 e. The van der Waals surface area contributed by atoms with Gasteiger partial charge in [-0.2, -0.15) is 0 Å². The lowest BCUT2D eigenvalue weighted by Gasteiger charge is -2.36. The Balaban J connectivity index is 1.77. The lowest BCUT2D eigenvalue weighted by atomic mass is 9.82. The van der Waals surface area contributed by atoms with Crippen LogP contribution in [0.15, 0.2) is 34.8 Å². The van der Waals surface area contributed by atoms with E-state index in [2.05, 4.69) is 26.2 Å². The Hall–Kier alpha value is -1.18. The van der Waals surface area contributed by atoms with Gasteiger partial charge in [-0.3, -0.25) is 0 Å². The minimum atomic E-state index is -3.05. The maximum absolute atomic E-state index is 11.8. The summed E-state index contributed by atoms with van der Waals surface area (Å²) in [6.45, 7) is 1.80. The molecule has 1 fully saturated rings. The minimum Gasteiger partial charge on any atom is -0.381 e. The highest BCUT2D eigenvalue weighted by atomic mass is 79.9. The van der Waals surface area contributed by atoms with Crippen LogP contribution < -0.4 is 5.32 Å². The number of rotatable bonds is 5. The highest BCUT2D eigenvalue weighted by Gasteiger charge is 2.35. The van der Waals surface area contributed by atoms with Gasteiger partial charge in [-0.25, -0.2) is 13.4 Å². The molecule has 3 rings (SSSR count). The average molecular weight is 413 g/mol. The molecule has 0 saturated carbocycles. The molecule has 2 heterocycles. The number of ether oxygens (including phenoxy) is 1. The maximum atomic E-state index is 11.8. The summed E-state index contributed by atoms with van der Waals surface area (Å²) in [5, 5.41) is 4.40. The molecule has 7 heteroatoms. The summed E-state index contributed by atoms with van der Waals surface area (Å²) in [4.78, 5) is 4.62. The van der Waals surface area contributed by atoms with Crippen LogP contribution in [-0.2, 0) is 14.6 Å². The predicted molar refractivity (Wildman–Crippen MR) is 100 cm³/mol. The van der Waals surface area contributed by atoms with Crippen LogP contribution in [0.2, 0.25) is 0 Å². The van der Waals surface area contributed by atoms with Gasteiger partial charge in [0.15, 0.2) is 0 Å². The summed E-state index contributed by atoms with van der Waals surface area (Å²) in [5.41, 5.74) is 0.620. The first-order chi connectivity index (χ1) is 11.4. The van der Waals surface area contributed by atoms with Crippen LogP contribution in [0.3, 0.4) is 0 Å². The Morgan fingerprint density at radius 3 is 2.71 bits per heavy atom. The smallest absolute Gasteiger partial charge is 0.148 e. The minimum absolute atomic E-state index is 0.177. The molecule has 5 nitrogen and oxygen atoms in total. The van der Waals surface area contributed by atoms with E-state index in [9.17, 15) is 8.42 Å². The zero-order valence-corrected chi connectivity index (χ0v) is 16.0. The molecule has 0 bridgehead atoms. The highest BCUT2D eigenvalue weighted by Crippen LogP contribution is 2.32. The van der Waals surface area contributed by atoms with Crippen molar-refractivity contribution in [2.24, 2.45) is 5.41 Å². The summed E-state index contributed by atoms with van der Waals surface area (Å²) in [7, 11) is -3.05. The van der Waals surface area contributed by atoms with Gasteiger partial charge in [0.25, 0.3) is 0 Å². The van der Waals surface area contributed by atoms with E-state index in [1.165, 1.54) is 6.26 Å². The summed E-state index contributed by atoms with van der Waals surface area (Å²) >= 11 is 3.46. The second-order valence-electron chi connectivity index (χ2n) is 6.57. The van der Waals surface area contributed by atoms with E-state index < -0.39 is 9.84 Å². The van der Waals surface area contributed by atoms with E-state index in [1.807, 2.05) is 30.3 Å². The van der Waals surface area contributed by atoms with Crippen LogP contribution >= 0.6 is 15.9 Å².